The lowest BCUT2D eigenvalue weighted by atomic mass is 10.1. The molecule has 0 spiro atoms. The summed E-state index contributed by atoms with van der Waals surface area (Å²) >= 11 is 1.81. The number of carbonyl (C=O) groups is 1. The summed E-state index contributed by atoms with van der Waals surface area (Å²) in [6, 6.07) is 15.4. The highest BCUT2D eigenvalue weighted by Gasteiger charge is 2.22. The standard InChI is InChI=1S/C17H17NO2S/c1-20-14-7-4-6-13(12-14)17(19)18-10-5-11-21-16-9-3-2-8-15(16)18/h2-4,6-9,12H,5,10-11H2,1H3. The number of thioether (sulfide) groups is 1. The summed E-state index contributed by atoms with van der Waals surface area (Å²) in [6.07, 6.45) is 0.995. The molecule has 0 N–H and O–H groups in total. The van der Waals surface area contributed by atoms with Crippen LogP contribution in [0.1, 0.15) is 16.8 Å². The number of amides is 1. The quantitative estimate of drug-likeness (QED) is 0.844. The van der Waals surface area contributed by atoms with Crippen molar-refractivity contribution >= 4 is 23.4 Å². The van der Waals surface area contributed by atoms with E-state index in [0.717, 1.165) is 24.4 Å². The van der Waals surface area contributed by atoms with Gasteiger partial charge >= 0.3 is 0 Å². The van der Waals surface area contributed by atoms with Crippen LogP contribution in [0.5, 0.6) is 5.75 Å². The van der Waals surface area contributed by atoms with Crippen LogP contribution in [0, 0.1) is 0 Å². The molecule has 0 aromatic heterocycles. The van der Waals surface area contributed by atoms with Crippen LogP contribution >= 0.6 is 11.8 Å². The maximum absolute atomic E-state index is 12.8. The monoisotopic (exact) mass is 299 g/mol. The maximum atomic E-state index is 12.8. The number of para-hydroxylation sites is 1. The van der Waals surface area contributed by atoms with E-state index in [4.69, 9.17) is 4.74 Å². The molecule has 0 saturated carbocycles. The van der Waals surface area contributed by atoms with Crippen molar-refractivity contribution < 1.29 is 9.53 Å². The van der Waals surface area contributed by atoms with Gasteiger partial charge in [-0.3, -0.25) is 4.79 Å². The number of methoxy groups -OCH3 is 1. The van der Waals surface area contributed by atoms with Gasteiger partial charge in [0.2, 0.25) is 0 Å². The second-order valence-electron chi connectivity index (χ2n) is 4.86. The van der Waals surface area contributed by atoms with Crippen LogP contribution in [0.25, 0.3) is 0 Å². The summed E-state index contributed by atoms with van der Waals surface area (Å²) in [6.45, 7) is 0.750. The largest absolute Gasteiger partial charge is 0.497 e. The van der Waals surface area contributed by atoms with Crippen LogP contribution in [0.2, 0.25) is 0 Å². The Kier molecular flexibility index (Phi) is 4.15. The van der Waals surface area contributed by atoms with Crippen LogP contribution in [-0.2, 0) is 0 Å². The number of rotatable bonds is 2. The molecule has 0 atom stereocenters. The summed E-state index contributed by atoms with van der Waals surface area (Å²) in [5.74, 6) is 1.78. The van der Waals surface area contributed by atoms with Crippen LogP contribution in [0.3, 0.4) is 0 Å². The fraction of sp³-hybridized carbons (Fsp3) is 0.235. The Labute approximate surface area is 128 Å². The zero-order valence-corrected chi connectivity index (χ0v) is 12.7. The summed E-state index contributed by atoms with van der Waals surface area (Å²) in [5.41, 5.74) is 1.67. The molecule has 1 aliphatic heterocycles. The molecule has 0 bridgehead atoms. The van der Waals surface area contributed by atoms with Crippen molar-refractivity contribution in [2.24, 2.45) is 0 Å². The molecular weight excluding hydrogens is 282 g/mol. The van der Waals surface area contributed by atoms with E-state index < -0.39 is 0 Å². The number of hydrogen-bond acceptors (Lipinski definition) is 3. The molecule has 3 rings (SSSR count). The maximum Gasteiger partial charge on any atom is 0.258 e. The van der Waals surface area contributed by atoms with Gasteiger partial charge in [0.25, 0.3) is 5.91 Å². The topological polar surface area (TPSA) is 29.5 Å². The first-order valence-corrected chi connectivity index (χ1v) is 7.96. The van der Waals surface area contributed by atoms with Gasteiger partial charge in [0, 0.05) is 17.0 Å². The number of ether oxygens (including phenoxy) is 1. The Morgan fingerprint density at radius 1 is 1.19 bits per heavy atom. The SMILES string of the molecule is COc1cccc(C(=O)N2CCCSc3ccccc32)c1. The highest BCUT2D eigenvalue weighted by Crippen LogP contribution is 2.34. The Hall–Kier alpha value is -1.94. The van der Waals surface area contributed by atoms with E-state index in [1.165, 1.54) is 4.90 Å². The number of anilines is 1. The normalized spacial score (nSPS) is 14.2. The van der Waals surface area contributed by atoms with Crippen molar-refractivity contribution in [2.75, 3.05) is 24.3 Å². The van der Waals surface area contributed by atoms with Crippen molar-refractivity contribution in [3.05, 3.63) is 54.1 Å². The number of carbonyl (C=O) groups excluding carboxylic acids is 1. The number of benzene rings is 2. The predicted octanol–water partition coefficient (Wildman–Crippen LogP) is 3.84. The molecule has 0 unspecified atom stereocenters. The molecule has 3 nitrogen and oxygen atoms in total. The van der Waals surface area contributed by atoms with E-state index >= 15 is 0 Å². The third-order valence-electron chi connectivity index (χ3n) is 3.50. The first-order chi connectivity index (χ1) is 10.3. The van der Waals surface area contributed by atoms with Gasteiger partial charge in [0.1, 0.15) is 5.75 Å². The molecule has 1 amide bonds. The summed E-state index contributed by atoms with van der Waals surface area (Å²) in [4.78, 5) is 15.9. The lowest BCUT2D eigenvalue weighted by molar-refractivity contribution is 0.0986. The molecule has 108 valence electrons. The lowest BCUT2D eigenvalue weighted by Crippen LogP contribution is -2.31. The Bertz CT molecular complexity index is 657. The van der Waals surface area contributed by atoms with E-state index in [-0.39, 0.29) is 5.91 Å². The van der Waals surface area contributed by atoms with Crippen molar-refractivity contribution in [3.8, 4) is 5.75 Å². The van der Waals surface area contributed by atoms with Crippen LogP contribution in [0.4, 0.5) is 5.69 Å². The predicted molar refractivity (Wildman–Crippen MR) is 86.5 cm³/mol. The van der Waals surface area contributed by atoms with Gasteiger partial charge in [-0.1, -0.05) is 18.2 Å². The van der Waals surface area contributed by atoms with Crippen LogP contribution in [-0.4, -0.2) is 25.3 Å². The van der Waals surface area contributed by atoms with E-state index in [9.17, 15) is 4.79 Å². The van der Waals surface area contributed by atoms with E-state index in [1.807, 2.05) is 53.1 Å². The zero-order chi connectivity index (χ0) is 14.7. The smallest absolute Gasteiger partial charge is 0.258 e. The molecular formula is C17H17NO2S. The molecule has 4 heteroatoms. The van der Waals surface area contributed by atoms with Crippen molar-refractivity contribution in [1.29, 1.82) is 0 Å². The van der Waals surface area contributed by atoms with Gasteiger partial charge < -0.3 is 9.64 Å². The average Bonchev–Trinajstić information content (AvgIpc) is 2.76. The molecule has 1 heterocycles. The fourth-order valence-corrected chi connectivity index (χ4v) is 3.44. The van der Waals surface area contributed by atoms with Crippen LogP contribution in [0.15, 0.2) is 53.4 Å². The zero-order valence-electron chi connectivity index (χ0n) is 11.9. The van der Waals surface area contributed by atoms with Gasteiger partial charge in [-0.05, 0) is 42.5 Å². The molecule has 0 saturated heterocycles. The van der Waals surface area contributed by atoms with Gasteiger partial charge in [-0.15, -0.1) is 11.8 Å². The second-order valence-corrected chi connectivity index (χ2v) is 6.00. The first-order valence-electron chi connectivity index (χ1n) is 6.97. The molecule has 0 fully saturated rings. The summed E-state index contributed by atoms with van der Waals surface area (Å²) < 4.78 is 5.21. The van der Waals surface area contributed by atoms with Crippen molar-refractivity contribution in [2.45, 2.75) is 11.3 Å². The van der Waals surface area contributed by atoms with Gasteiger partial charge in [-0.25, -0.2) is 0 Å². The molecule has 1 aliphatic rings. The minimum absolute atomic E-state index is 0.0313. The molecule has 21 heavy (non-hydrogen) atoms. The minimum Gasteiger partial charge on any atom is -0.497 e. The third kappa shape index (κ3) is 2.90. The fourth-order valence-electron chi connectivity index (χ4n) is 2.45. The van der Waals surface area contributed by atoms with Crippen molar-refractivity contribution in [1.82, 2.24) is 0 Å². The minimum atomic E-state index is 0.0313. The summed E-state index contributed by atoms with van der Waals surface area (Å²) in [7, 11) is 1.61. The van der Waals surface area contributed by atoms with E-state index in [2.05, 4.69) is 6.07 Å². The molecule has 2 aromatic carbocycles. The number of nitrogens with zero attached hydrogens (tertiary/aromatic N) is 1. The lowest BCUT2D eigenvalue weighted by Gasteiger charge is -2.22. The average molecular weight is 299 g/mol. The van der Waals surface area contributed by atoms with Crippen molar-refractivity contribution in [3.63, 3.8) is 0 Å². The second kappa shape index (κ2) is 6.22. The summed E-state index contributed by atoms with van der Waals surface area (Å²) in [5, 5.41) is 0. The number of fused-ring (bicyclic) bond motifs is 1. The molecule has 0 radical (unpaired) electrons. The highest BCUT2D eigenvalue weighted by molar-refractivity contribution is 7.99. The van der Waals surface area contributed by atoms with E-state index in [1.54, 1.807) is 13.2 Å². The van der Waals surface area contributed by atoms with Gasteiger partial charge in [-0.2, -0.15) is 0 Å². The highest BCUT2D eigenvalue weighted by atomic mass is 32.2. The first kappa shape index (κ1) is 14.0. The van der Waals surface area contributed by atoms with E-state index in [0.29, 0.717) is 11.3 Å². The van der Waals surface area contributed by atoms with Gasteiger partial charge in [0.15, 0.2) is 0 Å². The third-order valence-corrected chi connectivity index (χ3v) is 4.65. The molecule has 2 aromatic rings. The Balaban J connectivity index is 1.97. The van der Waals surface area contributed by atoms with Gasteiger partial charge in [0.05, 0.1) is 12.8 Å². The molecule has 0 aliphatic carbocycles. The van der Waals surface area contributed by atoms with Crippen LogP contribution < -0.4 is 9.64 Å². The Morgan fingerprint density at radius 3 is 2.90 bits per heavy atom. The Morgan fingerprint density at radius 2 is 2.05 bits per heavy atom. The number of hydrogen-bond donors (Lipinski definition) is 0.